The van der Waals surface area contributed by atoms with Crippen molar-refractivity contribution >= 4 is 70.9 Å². The van der Waals surface area contributed by atoms with Crippen molar-refractivity contribution in [3.05, 3.63) is 0 Å². The summed E-state index contributed by atoms with van der Waals surface area (Å²) in [6.07, 6.45) is -1.19. The van der Waals surface area contributed by atoms with Gasteiger partial charge in [0.2, 0.25) is 0 Å². The van der Waals surface area contributed by atoms with Crippen LogP contribution in [0.2, 0.25) is 0 Å². The number of carbonyl (C=O) groups excluding carboxylic acids is 2. The van der Waals surface area contributed by atoms with Crippen LogP contribution in [0.15, 0.2) is 0 Å². The van der Waals surface area contributed by atoms with E-state index in [1.54, 1.807) is 0 Å². The van der Waals surface area contributed by atoms with Crippen molar-refractivity contribution in [3.63, 3.8) is 0 Å². The maximum atomic E-state index is 9.74. The van der Waals surface area contributed by atoms with E-state index in [1.807, 2.05) is 0 Å². The van der Waals surface area contributed by atoms with Crippen LogP contribution in [0, 0.1) is 0 Å². The van der Waals surface area contributed by atoms with Crippen LogP contribution in [0.1, 0.15) is 12.8 Å². The first kappa shape index (κ1) is 27.6. The molecule has 0 bridgehead atoms. The minimum absolute atomic E-state index is 0. The SMILES string of the molecule is I.N[C@@H](CC(=O)O)C(=O)[O-].N[C@@H](CC(=O)O)C(=O)[O-].[Mg+2]. The van der Waals surface area contributed by atoms with E-state index in [0.717, 1.165) is 0 Å². The largest absolute Gasteiger partial charge is 2.00 e. The Morgan fingerprint density at radius 2 is 1.05 bits per heavy atom. The van der Waals surface area contributed by atoms with Gasteiger partial charge in [-0.1, -0.05) is 0 Å². The Kier molecular flexibility index (Phi) is 20.3. The van der Waals surface area contributed by atoms with Gasteiger partial charge in [0.15, 0.2) is 0 Å². The molecular formula is C8H13IMgN2O8. The predicted molar refractivity (Wildman–Crippen MR) is 71.6 cm³/mol. The molecule has 0 saturated carbocycles. The van der Waals surface area contributed by atoms with Crippen LogP contribution in [0.3, 0.4) is 0 Å². The molecule has 0 aromatic carbocycles. The molecule has 0 spiro atoms. The number of nitrogens with two attached hydrogens (primary N) is 2. The summed E-state index contributed by atoms with van der Waals surface area (Å²) in [4.78, 5) is 39.0. The Bertz CT molecular complexity index is 308. The molecule has 0 fully saturated rings. The summed E-state index contributed by atoms with van der Waals surface area (Å²) in [7, 11) is 0. The van der Waals surface area contributed by atoms with Gasteiger partial charge in [-0.15, -0.1) is 24.0 Å². The van der Waals surface area contributed by atoms with Gasteiger partial charge in [-0.05, 0) is 0 Å². The molecule has 12 heteroatoms. The number of hydrogen-bond donors (Lipinski definition) is 4. The van der Waals surface area contributed by atoms with Gasteiger partial charge in [-0.2, -0.15) is 0 Å². The fourth-order valence-electron chi connectivity index (χ4n) is 0.543. The molecule has 0 unspecified atom stereocenters. The fraction of sp³-hybridized carbons (Fsp3) is 0.500. The monoisotopic (exact) mass is 416 g/mol. The second-order valence-corrected chi connectivity index (χ2v) is 3.05. The zero-order valence-electron chi connectivity index (χ0n) is 10.2. The van der Waals surface area contributed by atoms with Crippen LogP contribution in [0.4, 0.5) is 0 Å². The average molecular weight is 416 g/mol. The first-order chi connectivity index (χ1) is 8.07. The molecule has 6 N–H and O–H groups in total. The van der Waals surface area contributed by atoms with Crippen molar-refractivity contribution in [2.75, 3.05) is 0 Å². The summed E-state index contributed by atoms with van der Waals surface area (Å²) in [5.74, 6) is -5.58. The number of carboxylic acids is 4. The van der Waals surface area contributed by atoms with Gasteiger partial charge in [0.1, 0.15) is 0 Å². The van der Waals surface area contributed by atoms with Crippen molar-refractivity contribution < 1.29 is 39.6 Å². The van der Waals surface area contributed by atoms with E-state index < -0.39 is 48.8 Å². The van der Waals surface area contributed by atoms with Crippen molar-refractivity contribution in [2.45, 2.75) is 24.9 Å². The molecule has 0 aliphatic carbocycles. The van der Waals surface area contributed by atoms with Crippen LogP contribution >= 0.6 is 24.0 Å². The molecule has 112 valence electrons. The molecule has 0 aromatic rings. The van der Waals surface area contributed by atoms with Crippen molar-refractivity contribution in [2.24, 2.45) is 11.5 Å². The van der Waals surface area contributed by atoms with Gasteiger partial charge in [-0.25, -0.2) is 0 Å². The third kappa shape index (κ3) is 19.6. The Morgan fingerprint density at radius 3 is 1.10 bits per heavy atom. The number of hydrogen-bond acceptors (Lipinski definition) is 8. The molecule has 0 heterocycles. The smallest absolute Gasteiger partial charge is 0.548 e. The molecule has 0 amide bonds. The Balaban J connectivity index is -0.000000116. The van der Waals surface area contributed by atoms with Gasteiger partial charge in [-0.3, -0.25) is 9.59 Å². The Labute approximate surface area is 146 Å². The summed E-state index contributed by atoms with van der Waals surface area (Å²) in [6, 6.07) is -2.80. The molecule has 20 heavy (non-hydrogen) atoms. The second kappa shape index (κ2) is 14.7. The summed E-state index contributed by atoms with van der Waals surface area (Å²) < 4.78 is 0. The molecule has 10 nitrogen and oxygen atoms in total. The zero-order valence-corrected chi connectivity index (χ0v) is 13.9. The molecule has 0 aromatic heterocycles. The number of carbonyl (C=O) groups is 4. The molecule has 0 radical (unpaired) electrons. The summed E-state index contributed by atoms with van der Waals surface area (Å²) in [5, 5.41) is 35.4. The molecule has 2 atom stereocenters. The quantitative estimate of drug-likeness (QED) is 0.240. The number of halogens is 1. The van der Waals surface area contributed by atoms with Gasteiger partial charge in [0, 0.05) is 0 Å². The average Bonchev–Trinajstić information content (AvgIpc) is 2.16. The topological polar surface area (TPSA) is 207 Å². The Morgan fingerprint density at radius 1 is 0.850 bits per heavy atom. The normalized spacial score (nSPS) is 11.3. The van der Waals surface area contributed by atoms with Gasteiger partial charge < -0.3 is 41.5 Å². The minimum atomic E-state index is -1.54. The van der Waals surface area contributed by atoms with E-state index in [9.17, 15) is 29.4 Å². The van der Waals surface area contributed by atoms with Crippen molar-refractivity contribution in [1.29, 1.82) is 0 Å². The van der Waals surface area contributed by atoms with Crippen LogP contribution in [0.5, 0.6) is 0 Å². The zero-order chi connectivity index (χ0) is 14.9. The first-order valence-corrected chi connectivity index (χ1v) is 4.44. The van der Waals surface area contributed by atoms with Crippen LogP contribution in [-0.2, 0) is 19.2 Å². The third-order valence-electron chi connectivity index (χ3n) is 1.39. The predicted octanol–water partition coefficient (Wildman–Crippen LogP) is -4.69. The van der Waals surface area contributed by atoms with E-state index in [1.165, 1.54) is 0 Å². The molecular weight excluding hydrogens is 403 g/mol. The molecule has 0 aliphatic heterocycles. The number of aliphatic carboxylic acids is 4. The van der Waals surface area contributed by atoms with E-state index in [0.29, 0.717) is 0 Å². The summed E-state index contributed by atoms with van der Waals surface area (Å²) in [6.45, 7) is 0. The van der Waals surface area contributed by atoms with Gasteiger partial charge in [0.05, 0.1) is 36.9 Å². The number of rotatable bonds is 6. The maximum Gasteiger partial charge on any atom is 2.00 e. The van der Waals surface area contributed by atoms with Crippen LogP contribution < -0.4 is 21.7 Å². The molecule has 0 aliphatic rings. The number of carboxylic acid groups (broad SMARTS) is 4. The standard InChI is InChI=1S/2C4H7NO4.HI.Mg/c2*5-2(4(8)9)1-3(6)7;;/h2*2H,1,5H2,(H,6,7)(H,8,9);1H;/q;;;+2/p-2/t2*2-;;/m00../s1. The Hall–Kier alpha value is -0.704. The third-order valence-corrected chi connectivity index (χ3v) is 1.39. The first-order valence-electron chi connectivity index (χ1n) is 4.44. The van der Waals surface area contributed by atoms with E-state index in [-0.39, 0.29) is 47.0 Å². The fourth-order valence-corrected chi connectivity index (χ4v) is 0.543. The van der Waals surface area contributed by atoms with Crippen molar-refractivity contribution in [3.8, 4) is 0 Å². The van der Waals surface area contributed by atoms with Crippen LogP contribution in [-0.4, -0.2) is 69.2 Å². The van der Waals surface area contributed by atoms with E-state index >= 15 is 0 Å². The van der Waals surface area contributed by atoms with Gasteiger partial charge in [0.25, 0.3) is 0 Å². The second-order valence-electron chi connectivity index (χ2n) is 3.05. The van der Waals surface area contributed by atoms with Gasteiger partial charge >= 0.3 is 35.0 Å². The molecule has 0 rings (SSSR count). The van der Waals surface area contributed by atoms with E-state index in [2.05, 4.69) is 0 Å². The summed E-state index contributed by atoms with van der Waals surface area (Å²) in [5.41, 5.74) is 9.55. The minimum Gasteiger partial charge on any atom is -0.548 e. The van der Waals surface area contributed by atoms with E-state index in [4.69, 9.17) is 21.7 Å². The summed E-state index contributed by atoms with van der Waals surface area (Å²) >= 11 is 0. The maximum absolute atomic E-state index is 9.74. The van der Waals surface area contributed by atoms with Crippen molar-refractivity contribution in [1.82, 2.24) is 0 Å². The van der Waals surface area contributed by atoms with Crippen LogP contribution in [0.25, 0.3) is 0 Å². The molecule has 0 saturated heterocycles.